The van der Waals surface area contributed by atoms with Crippen molar-refractivity contribution in [2.45, 2.75) is 38.1 Å². The van der Waals surface area contributed by atoms with E-state index in [2.05, 4.69) is 15.6 Å². The number of esters is 1. The van der Waals surface area contributed by atoms with Crippen LogP contribution in [0.4, 0.5) is 20.7 Å². The van der Waals surface area contributed by atoms with Crippen LogP contribution in [-0.2, 0) is 0 Å². The molecule has 2 amide bonds. The molecule has 0 radical (unpaired) electrons. The van der Waals surface area contributed by atoms with Crippen LogP contribution in [0.25, 0.3) is 0 Å². The molecule has 1 aliphatic rings. The minimum atomic E-state index is -0.778. The van der Waals surface area contributed by atoms with Crippen molar-refractivity contribution in [1.82, 2.24) is 10.3 Å². The predicted octanol–water partition coefficient (Wildman–Crippen LogP) is 4.55. The number of nitrogens with zero attached hydrogens (tertiary/aromatic N) is 2. The average Bonchev–Trinajstić information content (AvgIpc) is 3.62. The Morgan fingerprint density at radius 3 is 2.70 bits per heavy atom. The van der Waals surface area contributed by atoms with Crippen molar-refractivity contribution < 1.29 is 23.5 Å². The SMILES string of the molecule is CCCC(=O)c1ccc(F)c(C2CC2NC(=O)Nc2ccc(C#N)cn2)c1OC(=O)c1cccc(N)c1. The second-order valence-corrected chi connectivity index (χ2v) is 8.62. The lowest BCUT2D eigenvalue weighted by atomic mass is 9.99. The summed E-state index contributed by atoms with van der Waals surface area (Å²) in [7, 11) is 0. The molecule has 0 saturated heterocycles. The standard InChI is InChI=1S/C27H24FN5O4/c1-2-4-22(34)18-8-9-20(28)24(25(18)37-26(35)16-5-3-6-17(30)11-16)19-12-21(19)32-27(36)33-23-10-7-15(13-29)14-31-23/h3,5-11,14,19,21H,2,4,12,30H2,1H3,(H2,31,32,33,36). The second kappa shape index (κ2) is 10.9. The van der Waals surface area contributed by atoms with Crippen LogP contribution in [0.5, 0.6) is 5.75 Å². The van der Waals surface area contributed by atoms with E-state index in [1.165, 1.54) is 42.6 Å². The Balaban J connectivity index is 1.57. The molecule has 1 aromatic heterocycles. The van der Waals surface area contributed by atoms with Gasteiger partial charge in [0.1, 0.15) is 23.5 Å². The lowest BCUT2D eigenvalue weighted by Gasteiger charge is -2.16. The first-order valence-corrected chi connectivity index (χ1v) is 11.7. The quantitative estimate of drug-likeness (QED) is 0.177. The first-order valence-electron chi connectivity index (χ1n) is 11.7. The van der Waals surface area contributed by atoms with Gasteiger partial charge in [0, 0.05) is 35.8 Å². The van der Waals surface area contributed by atoms with E-state index in [1.54, 1.807) is 12.1 Å². The van der Waals surface area contributed by atoms with Crippen LogP contribution in [0.3, 0.4) is 0 Å². The maximum Gasteiger partial charge on any atom is 0.343 e. The molecule has 3 aromatic rings. The van der Waals surface area contributed by atoms with Crippen molar-refractivity contribution in [1.29, 1.82) is 5.26 Å². The highest BCUT2D eigenvalue weighted by Crippen LogP contribution is 2.47. The van der Waals surface area contributed by atoms with Crippen LogP contribution in [-0.4, -0.2) is 28.8 Å². The number of pyridine rings is 1. The van der Waals surface area contributed by atoms with Crippen LogP contribution in [0, 0.1) is 17.1 Å². The molecule has 9 nitrogen and oxygen atoms in total. The van der Waals surface area contributed by atoms with Gasteiger partial charge in [0.2, 0.25) is 0 Å². The number of Topliss-reactive ketones (excluding diaryl/α,β-unsaturated/α-hetero) is 1. The highest BCUT2D eigenvalue weighted by molar-refractivity contribution is 6.01. The van der Waals surface area contributed by atoms with Gasteiger partial charge in [0.05, 0.1) is 16.7 Å². The molecule has 1 saturated carbocycles. The molecule has 2 atom stereocenters. The molecule has 188 valence electrons. The summed E-state index contributed by atoms with van der Waals surface area (Å²) in [5.74, 6) is -2.13. The van der Waals surface area contributed by atoms with Gasteiger partial charge in [0.15, 0.2) is 5.78 Å². The number of benzene rings is 2. The van der Waals surface area contributed by atoms with Crippen molar-refractivity contribution in [3.8, 4) is 11.8 Å². The summed E-state index contributed by atoms with van der Waals surface area (Å²) in [4.78, 5) is 42.1. The number of hydrogen-bond acceptors (Lipinski definition) is 7. The number of nitrogen functional groups attached to an aromatic ring is 1. The highest BCUT2D eigenvalue weighted by atomic mass is 19.1. The van der Waals surface area contributed by atoms with Gasteiger partial charge in [-0.2, -0.15) is 5.26 Å². The van der Waals surface area contributed by atoms with Crippen molar-refractivity contribution in [3.05, 3.63) is 82.8 Å². The predicted molar refractivity (Wildman–Crippen MR) is 134 cm³/mol. The minimum Gasteiger partial charge on any atom is -0.422 e. The van der Waals surface area contributed by atoms with E-state index >= 15 is 4.39 Å². The number of halogens is 1. The smallest absolute Gasteiger partial charge is 0.343 e. The van der Waals surface area contributed by atoms with Crippen LogP contribution in [0.1, 0.15) is 63.9 Å². The molecule has 2 aromatic carbocycles. The highest BCUT2D eigenvalue weighted by Gasteiger charge is 2.44. The van der Waals surface area contributed by atoms with Crippen LogP contribution in [0.15, 0.2) is 54.7 Å². The average molecular weight is 502 g/mol. The van der Waals surface area contributed by atoms with Gasteiger partial charge in [-0.05, 0) is 55.3 Å². The van der Waals surface area contributed by atoms with Gasteiger partial charge in [-0.15, -0.1) is 0 Å². The number of carbonyl (C=O) groups excluding carboxylic acids is 3. The zero-order valence-electron chi connectivity index (χ0n) is 20.0. The number of rotatable bonds is 8. The third kappa shape index (κ3) is 5.90. The third-order valence-electron chi connectivity index (χ3n) is 5.85. The summed E-state index contributed by atoms with van der Waals surface area (Å²) in [6.45, 7) is 1.84. The van der Waals surface area contributed by atoms with Gasteiger partial charge >= 0.3 is 12.0 Å². The number of amides is 2. The molecule has 37 heavy (non-hydrogen) atoms. The molecule has 2 unspecified atom stereocenters. The molecular formula is C27H24FN5O4. The number of nitrogens with two attached hydrogens (primary N) is 1. The topological polar surface area (TPSA) is 147 Å². The monoisotopic (exact) mass is 501 g/mol. The molecule has 0 aliphatic heterocycles. The number of anilines is 2. The first-order chi connectivity index (χ1) is 17.8. The second-order valence-electron chi connectivity index (χ2n) is 8.62. The number of nitrogens with one attached hydrogen (secondary N) is 2. The number of aromatic nitrogens is 1. The summed E-state index contributed by atoms with van der Waals surface area (Å²) >= 11 is 0. The van der Waals surface area contributed by atoms with Crippen molar-refractivity contribution in [3.63, 3.8) is 0 Å². The van der Waals surface area contributed by atoms with Crippen molar-refractivity contribution in [2.75, 3.05) is 11.1 Å². The number of carbonyl (C=O) groups is 3. The summed E-state index contributed by atoms with van der Waals surface area (Å²) in [6.07, 6.45) is 2.45. The van der Waals surface area contributed by atoms with E-state index in [4.69, 9.17) is 15.7 Å². The Bertz CT molecular complexity index is 1400. The van der Waals surface area contributed by atoms with Gasteiger partial charge < -0.3 is 15.8 Å². The molecule has 1 heterocycles. The Morgan fingerprint density at radius 1 is 1.22 bits per heavy atom. The van der Waals surface area contributed by atoms with Crippen molar-refractivity contribution in [2.24, 2.45) is 0 Å². The van der Waals surface area contributed by atoms with Crippen molar-refractivity contribution >= 4 is 29.3 Å². The number of ketones is 1. The van der Waals surface area contributed by atoms with Gasteiger partial charge in [-0.3, -0.25) is 10.1 Å². The Hall–Kier alpha value is -4.78. The largest absolute Gasteiger partial charge is 0.422 e. The van der Waals surface area contributed by atoms with E-state index in [9.17, 15) is 14.4 Å². The summed E-state index contributed by atoms with van der Waals surface area (Å²) in [6, 6.07) is 12.5. The Morgan fingerprint density at radius 2 is 2.03 bits per heavy atom. The van der Waals surface area contributed by atoms with E-state index in [0.717, 1.165) is 0 Å². The molecule has 1 aliphatic carbocycles. The fourth-order valence-electron chi connectivity index (χ4n) is 3.96. The van der Waals surface area contributed by atoms with Gasteiger partial charge in [-0.1, -0.05) is 13.0 Å². The molecule has 4 N–H and O–H groups in total. The first kappa shape index (κ1) is 25.3. The third-order valence-corrected chi connectivity index (χ3v) is 5.85. The van der Waals surface area contributed by atoms with E-state index in [-0.39, 0.29) is 40.5 Å². The lowest BCUT2D eigenvalue weighted by molar-refractivity contribution is 0.0730. The minimum absolute atomic E-state index is 0.0565. The molecular weight excluding hydrogens is 477 g/mol. The Labute approximate surface area is 212 Å². The number of nitriles is 1. The summed E-state index contributed by atoms with van der Waals surface area (Å²) in [5.41, 5.74) is 6.78. The summed E-state index contributed by atoms with van der Waals surface area (Å²) < 4.78 is 20.7. The zero-order valence-corrected chi connectivity index (χ0v) is 20.0. The van der Waals surface area contributed by atoms with E-state index in [0.29, 0.717) is 24.1 Å². The fourth-order valence-corrected chi connectivity index (χ4v) is 3.96. The number of ether oxygens (including phenoxy) is 1. The molecule has 0 spiro atoms. The summed E-state index contributed by atoms with van der Waals surface area (Å²) in [5, 5.41) is 14.1. The van der Waals surface area contributed by atoms with Crippen LogP contribution < -0.4 is 21.1 Å². The Kier molecular flexibility index (Phi) is 7.44. The van der Waals surface area contributed by atoms with Crippen LogP contribution in [0.2, 0.25) is 0 Å². The van der Waals surface area contributed by atoms with Gasteiger partial charge in [0.25, 0.3) is 0 Å². The van der Waals surface area contributed by atoms with Crippen LogP contribution >= 0.6 is 0 Å². The maximum atomic E-state index is 15.1. The fraction of sp³-hybridized carbons (Fsp3) is 0.222. The van der Waals surface area contributed by atoms with E-state index in [1.807, 2.05) is 13.0 Å². The number of hydrogen-bond donors (Lipinski definition) is 3. The molecule has 10 heteroatoms. The maximum absolute atomic E-state index is 15.1. The zero-order chi connectivity index (χ0) is 26.5. The molecule has 4 rings (SSSR count). The van der Waals surface area contributed by atoms with E-state index < -0.39 is 29.8 Å². The normalized spacial score (nSPS) is 15.8. The molecule has 1 fully saturated rings. The van der Waals surface area contributed by atoms with Gasteiger partial charge in [-0.25, -0.2) is 19.0 Å². The number of urea groups is 1. The molecule has 0 bridgehead atoms. The lowest BCUT2D eigenvalue weighted by Crippen LogP contribution is -2.31.